The number of carbonyl (C=O) groups excluding carboxylic acids is 1. The number of carbonyl (C=O) groups is 1. The van der Waals surface area contributed by atoms with E-state index in [1.54, 1.807) is 23.1 Å². The highest BCUT2D eigenvalue weighted by Crippen LogP contribution is 2.23. The number of aryl methyl sites for hydroxylation is 1. The van der Waals surface area contributed by atoms with Gasteiger partial charge in [0.05, 0.1) is 15.9 Å². The number of benzene rings is 1. The number of aromatic nitrogens is 2. The molecule has 1 N–H and O–H groups in total. The van der Waals surface area contributed by atoms with Crippen molar-refractivity contribution in [2.75, 3.05) is 26.2 Å². The summed E-state index contributed by atoms with van der Waals surface area (Å²) in [4.78, 5) is 21.7. The summed E-state index contributed by atoms with van der Waals surface area (Å²) in [5.41, 5.74) is 1.00. The number of sulfonamides is 1. The van der Waals surface area contributed by atoms with Crippen LogP contribution < -0.4 is 0 Å². The van der Waals surface area contributed by atoms with E-state index < -0.39 is 15.4 Å². The molecule has 136 valence electrons. The smallest absolute Gasteiger partial charge is 0.243 e. The number of hydrogen-bond donors (Lipinski definition) is 1. The van der Waals surface area contributed by atoms with Crippen molar-refractivity contribution in [2.45, 2.75) is 32.6 Å². The Balaban J connectivity index is 1.78. The molecule has 25 heavy (non-hydrogen) atoms. The maximum atomic E-state index is 12.9. The average Bonchev–Trinajstić information content (AvgIpc) is 2.92. The Morgan fingerprint density at radius 2 is 1.80 bits per heavy atom. The number of piperazine rings is 1. The molecular formula is C17H24N4O3S. The van der Waals surface area contributed by atoms with Gasteiger partial charge >= 0.3 is 0 Å². The van der Waals surface area contributed by atoms with Crippen LogP contribution in [-0.4, -0.2) is 59.7 Å². The number of amides is 1. The number of imidazole rings is 1. The van der Waals surface area contributed by atoms with E-state index >= 15 is 0 Å². The quantitative estimate of drug-likeness (QED) is 0.880. The van der Waals surface area contributed by atoms with E-state index in [1.807, 2.05) is 27.7 Å². The summed E-state index contributed by atoms with van der Waals surface area (Å²) < 4.78 is 27.2. The van der Waals surface area contributed by atoms with Gasteiger partial charge in [-0.05, 0) is 25.1 Å². The molecule has 1 amide bonds. The Bertz CT molecular complexity index is 904. The first-order valence-corrected chi connectivity index (χ1v) is 9.79. The number of aromatic amines is 1. The molecule has 8 heteroatoms. The van der Waals surface area contributed by atoms with Crippen molar-refractivity contribution < 1.29 is 13.2 Å². The minimum atomic E-state index is -3.58. The molecule has 0 radical (unpaired) electrons. The molecule has 3 rings (SSSR count). The van der Waals surface area contributed by atoms with E-state index in [-0.39, 0.29) is 10.8 Å². The molecule has 0 unspecified atom stereocenters. The molecule has 1 aromatic heterocycles. The zero-order chi connectivity index (χ0) is 18.4. The largest absolute Gasteiger partial charge is 0.342 e. The van der Waals surface area contributed by atoms with Gasteiger partial charge in [0, 0.05) is 31.6 Å². The van der Waals surface area contributed by atoms with E-state index in [2.05, 4.69) is 9.97 Å². The lowest BCUT2D eigenvalue weighted by Gasteiger charge is -2.37. The lowest BCUT2D eigenvalue weighted by Crippen LogP contribution is -2.52. The van der Waals surface area contributed by atoms with Gasteiger partial charge in [0.25, 0.3) is 0 Å². The van der Waals surface area contributed by atoms with Crippen LogP contribution in [0.3, 0.4) is 0 Å². The Morgan fingerprint density at radius 3 is 2.40 bits per heavy atom. The van der Waals surface area contributed by atoms with Crippen LogP contribution in [0.5, 0.6) is 0 Å². The fourth-order valence-corrected chi connectivity index (χ4v) is 4.48. The minimum Gasteiger partial charge on any atom is -0.342 e. The predicted molar refractivity (Wildman–Crippen MR) is 95.6 cm³/mol. The van der Waals surface area contributed by atoms with Gasteiger partial charge in [-0.15, -0.1) is 0 Å². The summed E-state index contributed by atoms with van der Waals surface area (Å²) in [6.07, 6.45) is 0. The van der Waals surface area contributed by atoms with Crippen LogP contribution in [0.15, 0.2) is 23.1 Å². The first-order valence-electron chi connectivity index (χ1n) is 8.35. The van der Waals surface area contributed by atoms with Gasteiger partial charge in [-0.2, -0.15) is 4.31 Å². The topological polar surface area (TPSA) is 86.4 Å². The van der Waals surface area contributed by atoms with E-state index in [0.29, 0.717) is 31.7 Å². The van der Waals surface area contributed by atoms with Gasteiger partial charge in [-0.25, -0.2) is 13.4 Å². The molecular weight excluding hydrogens is 340 g/mol. The Kier molecular flexibility index (Phi) is 4.36. The second-order valence-corrected chi connectivity index (χ2v) is 9.39. The summed E-state index contributed by atoms with van der Waals surface area (Å²) in [5.74, 6) is 0.803. The molecule has 0 atom stereocenters. The second kappa shape index (κ2) is 6.10. The van der Waals surface area contributed by atoms with Crippen molar-refractivity contribution in [2.24, 2.45) is 5.41 Å². The Labute approximate surface area is 148 Å². The molecule has 0 aliphatic carbocycles. The van der Waals surface area contributed by atoms with Crippen LogP contribution >= 0.6 is 0 Å². The summed E-state index contributed by atoms with van der Waals surface area (Å²) >= 11 is 0. The lowest BCUT2D eigenvalue weighted by atomic mass is 9.94. The van der Waals surface area contributed by atoms with Crippen LogP contribution in [0.4, 0.5) is 0 Å². The number of rotatable bonds is 2. The highest BCUT2D eigenvalue weighted by atomic mass is 32.2. The molecule has 1 aliphatic heterocycles. The summed E-state index contributed by atoms with van der Waals surface area (Å²) in [5, 5.41) is 0. The summed E-state index contributed by atoms with van der Waals surface area (Å²) in [6.45, 7) is 8.91. The third-order valence-corrected chi connectivity index (χ3v) is 6.27. The fraction of sp³-hybridized carbons (Fsp3) is 0.529. The number of hydrogen-bond acceptors (Lipinski definition) is 4. The standard InChI is InChI=1S/C17H24N4O3S/c1-12-18-14-6-5-13(11-15(14)19-12)25(23,24)21-9-7-20(8-10-21)16(22)17(2,3)4/h5-6,11H,7-10H2,1-4H3,(H,18,19). The maximum Gasteiger partial charge on any atom is 0.243 e. The van der Waals surface area contributed by atoms with E-state index in [4.69, 9.17) is 0 Å². The molecule has 1 aliphatic rings. The highest BCUT2D eigenvalue weighted by Gasteiger charge is 2.33. The predicted octanol–water partition coefficient (Wildman–Crippen LogP) is 1.75. The highest BCUT2D eigenvalue weighted by molar-refractivity contribution is 7.89. The van der Waals surface area contributed by atoms with Crippen molar-refractivity contribution in [3.63, 3.8) is 0 Å². The molecule has 2 heterocycles. The molecule has 0 saturated carbocycles. The number of fused-ring (bicyclic) bond motifs is 1. The number of nitrogens with one attached hydrogen (secondary N) is 1. The van der Waals surface area contributed by atoms with Crippen LogP contribution in [0.1, 0.15) is 26.6 Å². The van der Waals surface area contributed by atoms with Crippen LogP contribution in [-0.2, 0) is 14.8 Å². The van der Waals surface area contributed by atoms with Crippen molar-refractivity contribution in [3.8, 4) is 0 Å². The van der Waals surface area contributed by atoms with Crippen molar-refractivity contribution in [3.05, 3.63) is 24.0 Å². The second-order valence-electron chi connectivity index (χ2n) is 7.45. The monoisotopic (exact) mass is 364 g/mol. The van der Waals surface area contributed by atoms with Crippen LogP contribution in [0.2, 0.25) is 0 Å². The number of H-pyrrole nitrogens is 1. The van der Waals surface area contributed by atoms with Gasteiger partial charge < -0.3 is 9.88 Å². The van der Waals surface area contributed by atoms with Crippen molar-refractivity contribution >= 4 is 27.0 Å². The van der Waals surface area contributed by atoms with Crippen molar-refractivity contribution in [1.29, 1.82) is 0 Å². The molecule has 1 fully saturated rings. The maximum absolute atomic E-state index is 12.9. The van der Waals surface area contributed by atoms with Gasteiger partial charge in [-0.1, -0.05) is 20.8 Å². The van der Waals surface area contributed by atoms with Gasteiger partial charge in [0.1, 0.15) is 5.82 Å². The molecule has 0 bridgehead atoms. The number of nitrogens with zero attached hydrogens (tertiary/aromatic N) is 3. The average molecular weight is 364 g/mol. The third-order valence-electron chi connectivity index (χ3n) is 4.38. The molecule has 1 aromatic carbocycles. The molecule has 7 nitrogen and oxygen atoms in total. The molecule has 1 saturated heterocycles. The summed E-state index contributed by atoms with van der Waals surface area (Å²) in [6, 6.07) is 4.92. The Hall–Kier alpha value is -1.93. The van der Waals surface area contributed by atoms with Crippen LogP contribution in [0, 0.1) is 12.3 Å². The van der Waals surface area contributed by atoms with E-state index in [0.717, 1.165) is 11.3 Å². The molecule has 2 aromatic rings. The minimum absolute atomic E-state index is 0.0545. The van der Waals surface area contributed by atoms with Crippen LogP contribution in [0.25, 0.3) is 11.0 Å². The van der Waals surface area contributed by atoms with Crippen molar-refractivity contribution in [1.82, 2.24) is 19.2 Å². The summed E-state index contributed by atoms with van der Waals surface area (Å²) in [7, 11) is -3.58. The third kappa shape index (κ3) is 3.41. The van der Waals surface area contributed by atoms with Gasteiger partial charge in [-0.3, -0.25) is 4.79 Å². The first kappa shape index (κ1) is 17.9. The zero-order valence-electron chi connectivity index (χ0n) is 15.0. The van der Waals surface area contributed by atoms with E-state index in [9.17, 15) is 13.2 Å². The Morgan fingerprint density at radius 1 is 1.16 bits per heavy atom. The molecule has 0 spiro atoms. The SMILES string of the molecule is Cc1nc2ccc(S(=O)(=O)N3CCN(C(=O)C(C)(C)C)CC3)cc2[nH]1. The lowest BCUT2D eigenvalue weighted by molar-refractivity contribution is -0.140. The first-order chi connectivity index (χ1) is 11.6. The normalized spacial score (nSPS) is 17.2. The zero-order valence-corrected chi connectivity index (χ0v) is 15.9. The van der Waals surface area contributed by atoms with E-state index in [1.165, 1.54) is 4.31 Å². The fourth-order valence-electron chi connectivity index (χ4n) is 3.03. The van der Waals surface area contributed by atoms with Gasteiger partial charge in [0.15, 0.2) is 0 Å². The van der Waals surface area contributed by atoms with Gasteiger partial charge in [0.2, 0.25) is 15.9 Å².